The number of hydrogen-bond donors (Lipinski definition) is 2. The SMILES string of the molecule is Nc1[nH]c(=S)ncc1[N+](=O)[O-]. The Morgan fingerprint density at radius 3 is 2.91 bits per heavy atom. The minimum atomic E-state index is -0.631. The summed E-state index contributed by atoms with van der Waals surface area (Å²) >= 11 is 4.58. The van der Waals surface area contributed by atoms with Crippen LogP contribution in [0.3, 0.4) is 0 Å². The molecule has 0 aliphatic carbocycles. The summed E-state index contributed by atoms with van der Waals surface area (Å²) in [5.41, 5.74) is 4.95. The molecule has 0 spiro atoms. The number of nitrogens with two attached hydrogens (primary N) is 1. The summed E-state index contributed by atoms with van der Waals surface area (Å²) < 4.78 is 0.133. The van der Waals surface area contributed by atoms with E-state index in [9.17, 15) is 10.1 Å². The van der Waals surface area contributed by atoms with Gasteiger partial charge >= 0.3 is 5.69 Å². The third-order valence-electron chi connectivity index (χ3n) is 1.02. The number of hydrogen-bond acceptors (Lipinski definition) is 5. The van der Waals surface area contributed by atoms with E-state index in [0.29, 0.717) is 0 Å². The van der Waals surface area contributed by atoms with E-state index in [-0.39, 0.29) is 16.3 Å². The zero-order valence-corrected chi connectivity index (χ0v) is 6.09. The lowest BCUT2D eigenvalue weighted by Crippen LogP contribution is -1.99. The fourth-order valence-electron chi connectivity index (χ4n) is 0.546. The number of aromatic amines is 1. The Morgan fingerprint density at radius 1 is 1.82 bits per heavy atom. The molecule has 0 amide bonds. The lowest BCUT2D eigenvalue weighted by atomic mass is 10.5. The summed E-state index contributed by atoms with van der Waals surface area (Å²) in [5.74, 6) is -0.0741. The minimum Gasteiger partial charge on any atom is -0.379 e. The summed E-state index contributed by atoms with van der Waals surface area (Å²) in [4.78, 5) is 15.4. The minimum absolute atomic E-state index is 0.0741. The average molecular weight is 172 g/mol. The van der Waals surface area contributed by atoms with Crippen LogP contribution in [-0.4, -0.2) is 14.9 Å². The predicted molar refractivity (Wildman–Crippen MR) is 40.5 cm³/mol. The summed E-state index contributed by atoms with van der Waals surface area (Å²) in [5, 5.41) is 10.2. The molecule has 0 fully saturated rings. The van der Waals surface area contributed by atoms with Gasteiger partial charge in [-0.1, -0.05) is 0 Å². The Kier molecular flexibility index (Phi) is 1.81. The van der Waals surface area contributed by atoms with Gasteiger partial charge in [-0.05, 0) is 12.2 Å². The first-order chi connectivity index (χ1) is 5.11. The molecule has 0 aromatic carbocycles. The van der Waals surface area contributed by atoms with Crippen molar-refractivity contribution in [3.63, 3.8) is 0 Å². The third kappa shape index (κ3) is 1.49. The van der Waals surface area contributed by atoms with Crippen molar-refractivity contribution >= 4 is 23.7 Å². The fourth-order valence-corrected chi connectivity index (χ4v) is 0.709. The highest BCUT2D eigenvalue weighted by Gasteiger charge is 2.10. The molecule has 1 heterocycles. The summed E-state index contributed by atoms with van der Waals surface area (Å²) in [6.45, 7) is 0. The van der Waals surface area contributed by atoms with Crippen LogP contribution in [0.25, 0.3) is 0 Å². The van der Waals surface area contributed by atoms with E-state index in [0.717, 1.165) is 6.20 Å². The number of nitrogens with one attached hydrogen (secondary N) is 1. The molecule has 7 heteroatoms. The molecular weight excluding hydrogens is 168 g/mol. The van der Waals surface area contributed by atoms with Crippen molar-refractivity contribution in [2.75, 3.05) is 5.73 Å². The molecule has 6 nitrogen and oxygen atoms in total. The zero-order chi connectivity index (χ0) is 8.43. The smallest absolute Gasteiger partial charge is 0.327 e. The van der Waals surface area contributed by atoms with E-state index in [2.05, 4.69) is 22.2 Å². The van der Waals surface area contributed by atoms with Gasteiger partial charge in [0.15, 0.2) is 10.6 Å². The second-order valence-corrected chi connectivity index (χ2v) is 2.13. The van der Waals surface area contributed by atoms with E-state index in [1.54, 1.807) is 0 Å². The highest BCUT2D eigenvalue weighted by molar-refractivity contribution is 7.71. The van der Waals surface area contributed by atoms with Gasteiger partial charge < -0.3 is 10.7 Å². The summed E-state index contributed by atoms with van der Waals surface area (Å²) in [7, 11) is 0. The average Bonchev–Trinajstić information content (AvgIpc) is 1.85. The molecule has 58 valence electrons. The topological polar surface area (TPSA) is 97.8 Å². The van der Waals surface area contributed by atoms with Gasteiger partial charge in [0, 0.05) is 0 Å². The lowest BCUT2D eigenvalue weighted by Gasteiger charge is -1.93. The van der Waals surface area contributed by atoms with E-state index < -0.39 is 4.92 Å². The van der Waals surface area contributed by atoms with E-state index in [4.69, 9.17) is 5.73 Å². The molecule has 1 aromatic rings. The maximum atomic E-state index is 10.2. The quantitative estimate of drug-likeness (QED) is 0.367. The fraction of sp³-hybridized carbons (Fsp3) is 0. The Bertz CT molecular complexity index is 346. The van der Waals surface area contributed by atoms with Crippen molar-refractivity contribution in [3.8, 4) is 0 Å². The second kappa shape index (κ2) is 2.62. The predicted octanol–water partition coefficient (Wildman–Crippen LogP) is 0.630. The molecule has 0 radical (unpaired) electrons. The zero-order valence-electron chi connectivity index (χ0n) is 5.27. The number of aromatic nitrogens is 2. The maximum absolute atomic E-state index is 10.2. The molecule has 0 saturated heterocycles. The van der Waals surface area contributed by atoms with Gasteiger partial charge in [-0.15, -0.1) is 0 Å². The van der Waals surface area contributed by atoms with Crippen LogP contribution in [0.4, 0.5) is 11.5 Å². The molecule has 3 N–H and O–H groups in total. The number of rotatable bonds is 1. The first-order valence-corrected chi connectivity index (χ1v) is 3.01. The molecule has 11 heavy (non-hydrogen) atoms. The van der Waals surface area contributed by atoms with Gasteiger partial charge in [0.05, 0.1) is 4.92 Å². The van der Waals surface area contributed by atoms with Crippen LogP contribution >= 0.6 is 12.2 Å². The highest BCUT2D eigenvalue weighted by Crippen LogP contribution is 2.14. The Hall–Kier alpha value is -1.50. The van der Waals surface area contributed by atoms with Gasteiger partial charge in [-0.25, -0.2) is 4.98 Å². The summed E-state index contributed by atoms with van der Waals surface area (Å²) in [6.07, 6.45) is 1.02. The Balaban J connectivity index is 3.31. The van der Waals surface area contributed by atoms with Crippen LogP contribution < -0.4 is 5.73 Å². The van der Waals surface area contributed by atoms with Crippen LogP contribution in [0.1, 0.15) is 0 Å². The molecule has 0 atom stereocenters. The van der Waals surface area contributed by atoms with Gasteiger partial charge in [0.2, 0.25) is 0 Å². The highest BCUT2D eigenvalue weighted by atomic mass is 32.1. The van der Waals surface area contributed by atoms with Crippen LogP contribution in [0.2, 0.25) is 0 Å². The van der Waals surface area contributed by atoms with Crippen molar-refractivity contribution in [1.82, 2.24) is 9.97 Å². The third-order valence-corrected chi connectivity index (χ3v) is 1.23. The molecular formula is C4H4N4O2S. The van der Waals surface area contributed by atoms with Gasteiger partial charge in [-0.2, -0.15) is 0 Å². The number of nitro groups is 1. The van der Waals surface area contributed by atoms with Crippen molar-refractivity contribution in [1.29, 1.82) is 0 Å². The first-order valence-electron chi connectivity index (χ1n) is 2.60. The Morgan fingerprint density at radius 2 is 2.45 bits per heavy atom. The van der Waals surface area contributed by atoms with E-state index in [1.807, 2.05) is 0 Å². The van der Waals surface area contributed by atoms with Crippen molar-refractivity contribution in [3.05, 3.63) is 21.1 Å². The van der Waals surface area contributed by atoms with E-state index in [1.165, 1.54) is 0 Å². The van der Waals surface area contributed by atoms with Gasteiger partial charge in [-0.3, -0.25) is 10.1 Å². The molecule has 0 bridgehead atoms. The normalized spacial score (nSPS) is 9.45. The van der Waals surface area contributed by atoms with Crippen LogP contribution in [-0.2, 0) is 0 Å². The monoisotopic (exact) mass is 172 g/mol. The number of nitrogen functional groups attached to an aromatic ring is 1. The largest absolute Gasteiger partial charge is 0.379 e. The second-order valence-electron chi connectivity index (χ2n) is 1.74. The Labute approximate surface area is 66.2 Å². The van der Waals surface area contributed by atoms with Crippen molar-refractivity contribution in [2.24, 2.45) is 0 Å². The lowest BCUT2D eigenvalue weighted by molar-refractivity contribution is -0.384. The van der Waals surface area contributed by atoms with Crippen molar-refractivity contribution < 1.29 is 4.92 Å². The van der Waals surface area contributed by atoms with Gasteiger partial charge in [0.25, 0.3) is 0 Å². The van der Waals surface area contributed by atoms with Crippen LogP contribution in [0.15, 0.2) is 6.20 Å². The number of anilines is 1. The van der Waals surface area contributed by atoms with E-state index >= 15 is 0 Å². The molecule has 0 aliphatic rings. The van der Waals surface area contributed by atoms with Crippen LogP contribution in [0, 0.1) is 14.9 Å². The first kappa shape index (κ1) is 7.61. The van der Waals surface area contributed by atoms with Crippen molar-refractivity contribution in [2.45, 2.75) is 0 Å². The number of nitrogens with zero attached hydrogens (tertiary/aromatic N) is 2. The van der Waals surface area contributed by atoms with Gasteiger partial charge in [0.1, 0.15) is 6.20 Å². The summed E-state index contributed by atoms with van der Waals surface area (Å²) in [6, 6.07) is 0. The molecule has 1 aromatic heterocycles. The molecule has 0 aliphatic heterocycles. The number of H-pyrrole nitrogens is 1. The molecule has 0 saturated carbocycles. The molecule has 1 rings (SSSR count). The van der Waals surface area contributed by atoms with Crippen LogP contribution in [0.5, 0.6) is 0 Å². The standard InChI is InChI=1S/C4H4N4O2S/c5-3-2(8(9)10)1-6-4(11)7-3/h1H,(H3,5,6,7,11). The molecule has 0 unspecified atom stereocenters. The maximum Gasteiger partial charge on any atom is 0.327 e.